The van der Waals surface area contributed by atoms with E-state index in [2.05, 4.69) is 0 Å². The highest BCUT2D eigenvalue weighted by Crippen LogP contribution is 2.33. The van der Waals surface area contributed by atoms with E-state index in [9.17, 15) is 9.59 Å². The first kappa shape index (κ1) is 28.1. The average Bonchev–Trinajstić information content (AvgIpc) is 3.50. The molecule has 1 saturated heterocycles. The third kappa shape index (κ3) is 6.99. The number of pyridine rings is 1. The fourth-order valence-corrected chi connectivity index (χ4v) is 4.77. The van der Waals surface area contributed by atoms with Crippen molar-refractivity contribution in [2.45, 2.75) is 45.6 Å². The van der Waals surface area contributed by atoms with E-state index < -0.39 is 11.9 Å². The van der Waals surface area contributed by atoms with Gasteiger partial charge < -0.3 is 18.9 Å². The van der Waals surface area contributed by atoms with E-state index in [1.165, 1.54) is 0 Å². The number of aromatic nitrogens is 1. The fraction of sp³-hybridized carbons (Fsp3) is 0.265. The minimum absolute atomic E-state index is 0.159. The van der Waals surface area contributed by atoms with Crippen LogP contribution in [0.2, 0.25) is 0 Å². The molecule has 0 bridgehead atoms. The van der Waals surface area contributed by atoms with Crippen LogP contribution in [0.3, 0.4) is 0 Å². The number of aryl methyl sites for hydroxylation is 1. The number of hydrogen-bond acceptors (Lipinski definition) is 7. The summed E-state index contributed by atoms with van der Waals surface area (Å²) < 4.78 is 23.2. The molecule has 0 amide bonds. The van der Waals surface area contributed by atoms with Crippen LogP contribution in [-0.4, -0.2) is 36.2 Å². The summed E-state index contributed by atoms with van der Waals surface area (Å²) in [5.41, 5.74) is 3.44. The molecule has 0 aliphatic carbocycles. The summed E-state index contributed by atoms with van der Waals surface area (Å²) in [6.45, 7) is 4.72. The Bertz CT molecular complexity index is 1500. The summed E-state index contributed by atoms with van der Waals surface area (Å²) in [6, 6.07) is 26.1. The number of carbonyl (C=O) groups is 2. The molecule has 5 rings (SSSR count). The first-order valence-electron chi connectivity index (χ1n) is 13.9. The molecule has 0 radical (unpaired) electrons. The summed E-state index contributed by atoms with van der Waals surface area (Å²) in [5, 5.41) is 0. The van der Waals surface area contributed by atoms with Crippen LogP contribution in [0.25, 0.3) is 0 Å². The van der Waals surface area contributed by atoms with E-state index >= 15 is 0 Å². The van der Waals surface area contributed by atoms with E-state index in [0.717, 1.165) is 17.7 Å². The molecule has 7 heteroatoms. The summed E-state index contributed by atoms with van der Waals surface area (Å²) >= 11 is 0. The maximum absolute atomic E-state index is 13.7. The Morgan fingerprint density at radius 2 is 1.63 bits per heavy atom. The van der Waals surface area contributed by atoms with Crippen molar-refractivity contribution in [1.29, 1.82) is 0 Å². The second-order valence-corrected chi connectivity index (χ2v) is 9.97. The normalized spacial score (nSPS) is 14.4. The molecule has 1 aliphatic rings. The van der Waals surface area contributed by atoms with Crippen molar-refractivity contribution >= 4 is 11.9 Å². The Hall–Kier alpha value is -4.49. The van der Waals surface area contributed by atoms with E-state index in [1.807, 2.05) is 74.5 Å². The molecule has 7 nitrogen and oxygen atoms in total. The Labute approximate surface area is 240 Å². The lowest BCUT2D eigenvalue weighted by molar-refractivity contribution is 0.0265. The topological polar surface area (TPSA) is 84.0 Å². The minimum atomic E-state index is -0.555. The molecule has 1 unspecified atom stereocenters. The molecule has 2 heterocycles. The molecule has 0 spiro atoms. The van der Waals surface area contributed by atoms with Gasteiger partial charge in [-0.3, -0.25) is 4.98 Å². The quantitative estimate of drug-likeness (QED) is 0.198. The molecule has 4 aromatic rings. The average molecular weight is 552 g/mol. The van der Waals surface area contributed by atoms with Crippen LogP contribution in [0.15, 0.2) is 84.9 Å². The highest BCUT2D eigenvalue weighted by molar-refractivity contribution is 5.98. The van der Waals surface area contributed by atoms with Crippen molar-refractivity contribution in [2.75, 3.05) is 13.2 Å². The van der Waals surface area contributed by atoms with Crippen molar-refractivity contribution in [1.82, 2.24) is 4.98 Å². The zero-order valence-electron chi connectivity index (χ0n) is 23.3. The maximum Gasteiger partial charge on any atom is 0.343 e. The number of carbonyl (C=O) groups excluding carboxylic acids is 2. The molecule has 1 aromatic heterocycles. The third-order valence-corrected chi connectivity index (χ3v) is 6.87. The van der Waals surface area contributed by atoms with E-state index in [4.69, 9.17) is 23.9 Å². The van der Waals surface area contributed by atoms with Crippen LogP contribution in [0.5, 0.6) is 17.2 Å². The third-order valence-electron chi connectivity index (χ3n) is 6.87. The van der Waals surface area contributed by atoms with Gasteiger partial charge in [0, 0.05) is 18.5 Å². The summed E-state index contributed by atoms with van der Waals surface area (Å²) in [5.74, 6) is 0.507. The first-order chi connectivity index (χ1) is 20.0. The van der Waals surface area contributed by atoms with Gasteiger partial charge in [-0.2, -0.15) is 0 Å². The number of rotatable bonds is 10. The van der Waals surface area contributed by atoms with Crippen molar-refractivity contribution in [2.24, 2.45) is 0 Å². The minimum Gasteiger partial charge on any atom is -0.457 e. The van der Waals surface area contributed by atoms with Gasteiger partial charge in [0.1, 0.15) is 23.2 Å². The zero-order chi connectivity index (χ0) is 28.6. The van der Waals surface area contributed by atoms with Crippen molar-refractivity contribution in [3.63, 3.8) is 0 Å². The van der Waals surface area contributed by atoms with Crippen LogP contribution in [0.1, 0.15) is 63.0 Å². The zero-order valence-corrected chi connectivity index (χ0v) is 23.3. The highest BCUT2D eigenvalue weighted by Gasteiger charge is 2.29. The molecular weight excluding hydrogens is 518 g/mol. The van der Waals surface area contributed by atoms with Gasteiger partial charge in [-0.25, -0.2) is 9.59 Å². The van der Waals surface area contributed by atoms with Crippen molar-refractivity contribution in [3.05, 3.63) is 119 Å². The van der Waals surface area contributed by atoms with E-state index in [1.54, 1.807) is 24.3 Å². The van der Waals surface area contributed by atoms with Gasteiger partial charge in [0.2, 0.25) is 0 Å². The van der Waals surface area contributed by atoms with Crippen molar-refractivity contribution < 1.29 is 28.5 Å². The predicted molar refractivity (Wildman–Crippen MR) is 155 cm³/mol. The summed E-state index contributed by atoms with van der Waals surface area (Å²) in [6.07, 6.45) is 2.00. The summed E-state index contributed by atoms with van der Waals surface area (Å²) in [7, 11) is 0. The molecule has 3 aromatic carbocycles. The van der Waals surface area contributed by atoms with Gasteiger partial charge in [0.05, 0.1) is 24.5 Å². The number of nitrogens with zero attached hydrogens (tertiary/aromatic N) is 1. The van der Waals surface area contributed by atoms with Gasteiger partial charge in [0.25, 0.3) is 0 Å². The Morgan fingerprint density at radius 1 is 0.902 bits per heavy atom. The second kappa shape index (κ2) is 13.2. The monoisotopic (exact) mass is 551 g/mol. The highest BCUT2D eigenvalue weighted by atomic mass is 16.6. The molecule has 0 saturated carbocycles. The SMILES string of the molecule is CCCc1nc(Cc2cccc(Oc3ccccc3)c2)c(C)c(C(=O)OC2CCOC2)c1OC(=O)c1ccccc1. The molecule has 1 atom stereocenters. The number of ether oxygens (including phenoxy) is 4. The lowest BCUT2D eigenvalue weighted by Crippen LogP contribution is -2.22. The number of benzene rings is 3. The Kier molecular flexibility index (Phi) is 9.06. The number of esters is 2. The first-order valence-corrected chi connectivity index (χ1v) is 13.9. The lowest BCUT2D eigenvalue weighted by atomic mass is 9.98. The van der Waals surface area contributed by atoms with Crippen molar-refractivity contribution in [3.8, 4) is 17.2 Å². The Balaban J connectivity index is 1.52. The predicted octanol–water partition coefficient (Wildman–Crippen LogP) is 6.89. The molecule has 0 N–H and O–H groups in total. The van der Waals surface area contributed by atoms with Crippen LogP contribution in [0, 0.1) is 6.92 Å². The smallest absolute Gasteiger partial charge is 0.343 e. The summed E-state index contributed by atoms with van der Waals surface area (Å²) in [4.78, 5) is 31.7. The number of hydrogen-bond donors (Lipinski definition) is 0. The standard InChI is InChI=1S/C34H33NO6/c1-3-11-29-32(41-33(36)25-13-6-4-7-14-25)31(34(37)40-28-18-19-38-22-28)23(2)30(35-29)21-24-12-10-17-27(20-24)39-26-15-8-5-9-16-26/h4-10,12-17,20,28H,3,11,18-19,21-22H2,1-2H3. The van der Waals surface area contributed by atoms with Gasteiger partial charge in [0.15, 0.2) is 5.75 Å². The molecular formula is C34H33NO6. The van der Waals surface area contributed by atoms with Crippen LogP contribution >= 0.6 is 0 Å². The van der Waals surface area contributed by atoms with Gasteiger partial charge in [-0.1, -0.05) is 61.9 Å². The van der Waals surface area contributed by atoms with Crippen LogP contribution in [0.4, 0.5) is 0 Å². The lowest BCUT2D eigenvalue weighted by Gasteiger charge is -2.20. The van der Waals surface area contributed by atoms with Crippen LogP contribution < -0.4 is 9.47 Å². The van der Waals surface area contributed by atoms with Crippen LogP contribution in [-0.2, 0) is 22.3 Å². The Morgan fingerprint density at radius 3 is 2.34 bits per heavy atom. The molecule has 1 fully saturated rings. The van der Waals surface area contributed by atoms with Gasteiger partial charge in [-0.05, 0) is 60.9 Å². The fourth-order valence-electron chi connectivity index (χ4n) is 4.77. The van der Waals surface area contributed by atoms with Gasteiger partial charge >= 0.3 is 11.9 Å². The van der Waals surface area contributed by atoms with Gasteiger partial charge in [-0.15, -0.1) is 0 Å². The van der Waals surface area contributed by atoms with E-state index in [0.29, 0.717) is 60.7 Å². The second-order valence-electron chi connectivity index (χ2n) is 9.97. The maximum atomic E-state index is 13.7. The number of para-hydroxylation sites is 1. The molecule has 1 aliphatic heterocycles. The molecule has 41 heavy (non-hydrogen) atoms. The largest absolute Gasteiger partial charge is 0.457 e. The molecule has 210 valence electrons. The van der Waals surface area contributed by atoms with E-state index in [-0.39, 0.29) is 17.4 Å².